The fourth-order valence-electron chi connectivity index (χ4n) is 3.09. The summed E-state index contributed by atoms with van der Waals surface area (Å²) in [5.74, 6) is 0. The SMILES string of the molecule is Cn1cc(Cn2ccc3c2CC(C)(C)CC3O)cn1. The highest BCUT2D eigenvalue weighted by atomic mass is 16.3. The molecule has 102 valence electrons. The highest BCUT2D eigenvalue weighted by Crippen LogP contribution is 2.41. The number of fused-ring (bicyclic) bond motifs is 1. The predicted octanol–water partition coefficient (Wildman–Crippen LogP) is 2.28. The molecule has 0 spiro atoms. The lowest BCUT2D eigenvalue weighted by molar-refractivity contribution is 0.0981. The lowest BCUT2D eigenvalue weighted by Gasteiger charge is -2.33. The van der Waals surface area contributed by atoms with E-state index in [0.717, 1.165) is 24.9 Å². The first-order chi connectivity index (χ1) is 8.94. The van der Waals surface area contributed by atoms with Crippen LogP contribution in [0.1, 0.15) is 43.2 Å². The van der Waals surface area contributed by atoms with E-state index in [0.29, 0.717) is 0 Å². The van der Waals surface area contributed by atoms with Gasteiger partial charge >= 0.3 is 0 Å². The monoisotopic (exact) mass is 259 g/mol. The summed E-state index contributed by atoms with van der Waals surface area (Å²) in [5.41, 5.74) is 3.73. The molecule has 0 bridgehead atoms. The zero-order valence-electron chi connectivity index (χ0n) is 11.8. The second kappa shape index (κ2) is 4.23. The van der Waals surface area contributed by atoms with Crippen molar-refractivity contribution in [3.8, 4) is 0 Å². The highest BCUT2D eigenvalue weighted by molar-refractivity contribution is 5.30. The van der Waals surface area contributed by atoms with E-state index >= 15 is 0 Å². The Hall–Kier alpha value is -1.55. The molecule has 4 heteroatoms. The van der Waals surface area contributed by atoms with Gasteiger partial charge in [-0.25, -0.2) is 0 Å². The molecule has 1 aliphatic carbocycles. The summed E-state index contributed by atoms with van der Waals surface area (Å²) in [6.07, 6.45) is 7.56. The van der Waals surface area contributed by atoms with E-state index in [2.05, 4.69) is 35.8 Å². The molecule has 1 aliphatic rings. The first kappa shape index (κ1) is 12.5. The van der Waals surface area contributed by atoms with Crippen molar-refractivity contribution in [2.75, 3.05) is 0 Å². The summed E-state index contributed by atoms with van der Waals surface area (Å²) in [4.78, 5) is 0. The Morgan fingerprint density at radius 3 is 2.95 bits per heavy atom. The van der Waals surface area contributed by atoms with Gasteiger partial charge in [-0.05, 0) is 24.3 Å². The topological polar surface area (TPSA) is 43.0 Å². The molecule has 0 saturated carbocycles. The Labute approximate surface area is 113 Å². The minimum Gasteiger partial charge on any atom is -0.388 e. The first-order valence-electron chi connectivity index (χ1n) is 6.78. The zero-order chi connectivity index (χ0) is 13.6. The van der Waals surface area contributed by atoms with Crippen LogP contribution in [0.3, 0.4) is 0 Å². The highest BCUT2D eigenvalue weighted by Gasteiger charge is 2.33. The minimum absolute atomic E-state index is 0.164. The van der Waals surface area contributed by atoms with Crippen molar-refractivity contribution in [3.63, 3.8) is 0 Å². The number of hydrogen-bond donors (Lipinski definition) is 1. The third-order valence-corrected chi connectivity index (χ3v) is 3.98. The van der Waals surface area contributed by atoms with Crippen LogP contribution in [0.2, 0.25) is 0 Å². The van der Waals surface area contributed by atoms with Crippen molar-refractivity contribution < 1.29 is 5.11 Å². The first-order valence-corrected chi connectivity index (χ1v) is 6.78. The Balaban J connectivity index is 1.92. The average Bonchev–Trinajstić information content (AvgIpc) is 2.86. The summed E-state index contributed by atoms with van der Waals surface area (Å²) in [7, 11) is 1.93. The molecular weight excluding hydrogens is 238 g/mol. The molecule has 0 aromatic carbocycles. The smallest absolute Gasteiger partial charge is 0.0812 e. The van der Waals surface area contributed by atoms with Crippen molar-refractivity contribution >= 4 is 0 Å². The van der Waals surface area contributed by atoms with Gasteiger partial charge in [-0.3, -0.25) is 4.68 Å². The summed E-state index contributed by atoms with van der Waals surface area (Å²) in [5, 5.41) is 14.5. The third-order valence-electron chi connectivity index (χ3n) is 3.98. The maximum absolute atomic E-state index is 10.3. The van der Waals surface area contributed by atoms with Gasteiger partial charge in [0.25, 0.3) is 0 Å². The van der Waals surface area contributed by atoms with E-state index in [1.165, 1.54) is 11.3 Å². The van der Waals surface area contributed by atoms with Crippen molar-refractivity contribution in [2.24, 2.45) is 12.5 Å². The minimum atomic E-state index is -0.325. The van der Waals surface area contributed by atoms with Gasteiger partial charge < -0.3 is 9.67 Å². The molecule has 0 aliphatic heterocycles. The number of aryl methyl sites for hydroxylation is 1. The molecule has 0 fully saturated rings. The Kier molecular flexibility index (Phi) is 2.78. The van der Waals surface area contributed by atoms with Gasteiger partial charge in [0, 0.05) is 36.3 Å². The number of hydrogen-bond acceptors (Lipinski definition) is 2. The summed E-state index contributed by atoms with van der Waals surface area (Å²) < 4.78 is 4.07. The van der Waals surface area contributed by atoms with Gasteiger partial charge in [0.05, 0.1) is 18.8 Å². The van der Waals surface area contributed by atoms with Gasteiger partial charge in [-0.2, -0.15) is 5.10 Å². The van der Waals surface area contributed by atoms with Crippen LogP contribution < -0.4 is 0 Å². The standard InChI is InChI=1S/C15H21N3O/c1-15(2)6-13-12(14(19)7-15)4-5-18(13)10-11-8-16-17(3)9-11/h4-5,8-9,14,19H,6-7,10H2,1-3H3. The molecule has 1 N–H and O–H groups in total. The fraction of sp³-hybridized carbons (Fsp3) is 0.533. The molecule has 2 aromatic rings. The Morgan fingerprint density at radius 1 is 1.47 bits per heavy atom. The second-order valence-electron chi connectivity index (χ2n) is 6.43. The summed E-state index contributed by atoms with van der Waals surface area (Å²) in [6, 6.07) is 2.06. The van der Waals surface area contributed by atoms with Gasteiger partial charge in [-0.1, -0.05) is 13.8 Å². The van der Waals surface area contributed by atoms with Crippen molar-refractivity contribution in [1.82, 2.24) is 14.3 Å². The summed E-state index contributed by atoms with van der Waals surface area (Å²) >= 11 is 0. The fourth-order valence-corrected chi connectivity index (χ4v) is 3.09. The number of aliphatic hydroxyl groups excluding tert-OH is 1. The quantitative estimate of drug-likeness (QED) is 0.899. The number of rotatable bonds is 2. The number of aliphatic hydroxyl groups is 1. The van der Waals surface area contributed by atoms with Gasteiger partial charge in [-0.15, -0.1) is 0 Å². The van der Waals surface area contributed by atoms with Crippen molar-refractivity contribution in [3.05, 3.63) is 41.5 Å². The van der Waals surface area contributed by atoms with E-state index in [-0.39, 0.29) is 11.5 Å². The molecule has 0 radical (unpaired) electrons. The second-order valence-corrected chi connectivity index (χ2v) is 6.43. The van der Waals surface area contributed by atoms with Gasteiger partial charge in [0.1, 0.15) is 0 Å². The predicted molar refractivity (Wildman–Crippen MR) is 73.8 cm³/mol. The molecule has 2 heterocycles. The van der Waals surface area contributed by atoms with Crippen molar-refractivity contribution in [2.45, 2.75) is 39.3 Å². The molecule has 0 amide bonds. The Bertz CT molecular complexity index is 594. The van der Waals surface area contributed by atoms with Crippen LogP contribution in [-0.4, -0.2) is 19.5 Å². The van der Waals surface area contributed by atoms with Crippen LogP contribution >= 0.6 is 0 Å². The number of nitrogens with zero attached hydrogens (tertiary/aromatic N) is 3. The van der Waals surface area contributed by atoms with Crippen LogP contribution in [0.15, 0.2) is 24.7 Å². The van der Waals surface area contributed by atoms with Gasteiger partial charge in [0.2, 0.25) is 0 Å². The molecule has 1 atom stereocenters. The van der Waals surface area contributed by atoms with E-state index in [1.54, 1.807) is 0 Å². The zero-order valence-corrected chi connectivity index (χ0v) is 11.8. The molecule has 2 aromatic heterocycles. The van der Waals surface area contributed by atoms with E-state index in [4.69, 9.17) is 0 Å². The van der Waals surface area contributed by atoms with Crippen molar-refractivity contribution in [1.29, 1.82) is 0 Å². The molecule has 3 rings (SSSR count). The lowest BCUT2D eigenvalue weighted by atomic mass is 9.75. The van der Waals surface area contributed by atoms with E-state index in [1.807, 2.05) is 24.1 Å². The maximum Gasteiger partial charge on any atom is 0.0812 e. The largest absolute Gasteiger partial charge is 0.388 e. The Morgan fingerprint density at radius 2 is 2.26 bits per heavy atom. The molecule has 4 nitrogen and oxygen atoms in total. The van der Waals surface area contributed by atoms with E-state index < -0.39 is 0 Å². The summed E-state index contributed by atoms with van der Waals surface area (Å²) in [6.45, 7) is 5.27. The van der Waals surface area contributed by atoms with E-state index in [9.17, 15) is 5.11 Å². The van der Waals surface area contributed by atoms with Crippen LogP contribution in [0.5, 0.6) is 0 Å². The normalized spacial score (nSPS) is 21.4. The molecule has 0 saturated heterocycles. The molecule has 1 unspecified atom stereocenters. The maximum atomic E-state index is 10.3. The molecular formula is C15H21N3O. The third kappa shape index (κ3) is 2.32. The average molecular weight is 259 g/mol. The van der Waals surface area contributed by atoms with Crippen LogP contribution in [0.25, 0.3) is 0 Å². The lowest BCUT2D eigenvalue weighted by Crippen LogP contribution is -2.26. The van der Waals surface area contributed by atoms with Crippen LogP contribution in [-0.2, 0) is 20.0 Å². The van der Waals surface area contributed by atoms with Crippen LogP contribution in [0.4, 0.5) is 0 Å². The number of aromatic nitrogens is 3. The van der Waals surface area contributed by atoms with Gasteiger partial charge in [0.15, 0.2) is 0 Å². The molecule has 19 heavy (non-hydrogen) atoms. The van der Waals surface area contributed by atoms with Crippen LogP contribution in [0, 0.1) is 5.41 Å².